The summed E-state index contributed by atoms with van der Waals surface area (Å²) in [5, 5.41) is 3.46. The van der Waals surface area contributed by atoms with Crippen molar-refractivity contribution >= 4 is 0 Å². The highest BCUT2D eigenvalue weighted by Crippen LogP contribution is 2.35. The Morgan fingerprint density at radius 1 is 1.28 bits per heavy atom. The van der Waals surface area contributed by atoms with Crippen LogP contribution in [0.2, 0.25) is 0 Å². The van der Waals surface area contributed by atoms with Crippen molar-refractivity contribution in [3.05, 3.63) is 35.6 Å². The van der Waals surface area contributed by atoms with Gasteiger partial charge in [-0.2, -0.15) is 0 Å². The lowest BCUT2D eigenvalue weighted by Gasteiger charge is -2.38. The molecule has 0 bridgehead atoms. The fourth-order valence-corrected chi connectivity index (χ4v) is 2.59. The molecule has 1 aliphatic heterocycles. The Labute approximate surface area is 109 Å². The number of benzene rings is 1. The van der Waals surface area contributed by atoms with Gasteiger partial charge in [0.15, 0.2) is 0 Å². The molecule has 1 saturated heterocycles. The van der Waals surface area contributed by atoms with Gasteiger partial charge < -0.3 is 10.1 Å². The van der Waals surface area contributed by atoms with Crippen LogP contribution in [0.3, 0.4) is 0 Å². The number of halogens is 1. The number of rotatable bonds is 4. The minimum Gasteiger partial charge on any atom is -0.381 e. The summed E-state index contributed by atoms with van der Waals surface area (Å²) < 4.78 is 19.5. The first kappa shape index (κ1) is 13.5. The molecule has 1 aromatic rings. The van der Waals surface area contributed by atoms with Gasteiger partial charge in [-0.1, -0.05) is 32.0 Å². The molecule has 2 nitrogen and oxygen atoms in total. The molecule has 0 unspecified atom stereocenters. The second kappa shape index (κ2) is 5.81. The Morgan fingerprint density at radius 3 is 2.56 bits per heavy atom. The Kier molecular flexibility index (Phi) is 4.36. The van der Waals surface area contributed by atoms with E-state index >= 15 is 0 Å². The van der Waals surface area contributed by atoms with E-state index in [9.17, 15) is 4.39 Å². The van der Waals surface area contributed by atoms with Gasteiger partial charge in [-0.05, 0) is 24.5 Å². The van der Waals surface area contributed by atoms with E-state index in [4.69, 9.17) is 4.74 Å². The molecule has 0 aliphatic carbocycles. The van der Waals surface area contributed by atoms with Crippen LogP contribution in [0, 0.1) is 5.82 Å². The third-order valence-corrected chi connectivity index (χ3v) is 3.74. The molecule has 3 heteroatoms. The summed E-state index contributed by atoms with van der Waals surface area (Å²) in [4.78, 5) is 0. The van der Waals surface area contributed by atoms with Crippen molar-refractivity contribution in [2.75, 3.05) is 19.8 Å². The van der Waals surface area contributed by atoms with E-state index in [0.29, 0.717) is 19.3 Å². The van der Waals surface area contributed by atoms with Crippen molar-refractivity contribution in [1.82, 2.24) is 5.32 Å². The quantitative estimate of drug-likeness (QED) is 0.888. The zero-order valence-corrected chi connectivity index (χ0v) is 11.2. The number of hydrogen-bond acceptors (Lipinski definition) is 2. The van der Waals surface area contributed by atoms with Crippen LogP contribution in [0.4, 0.5) is 4.39 Å². The van der Waals surface area contributed by atoms with Crippen LogP contribution < -0.4 is 5.32 Å². The summed E-state index contributed by atoms with van der Waals surface area (Å²) in [6.45, 7) is 6.49. The zero-order chi connectivity index (χ0) is 13.0. The van der Waals surface area contributed by atoms with E-state index in [1.807, 2.05) is 12.1 Å². The molecule has 0 atom stereocenters. The maximum Gasteiger partial charge on any atom is 0.127 e. The van der Waals surface area contributed by atoms with Gasteiger partial charge >= 0.3 is 0 Å². The molecule has 1 N–H and O–H groups in total. The summed E-state index contributed by atoms with van der Waals surface area (Å²) in [5.74, 6) is -0.0926. The lowest BCUT2D eigenvalue weighted by molar-refractivity contribution is 0.0480. The molecule has 0 saturated carbocycles. The summed E-state index contributed by atoms with van der Waals surface area (Å²) >= 11 is 0. The maximum absolute atomic E-state index is 14.1. The second-order valence-electron chi connectivity index (χ2n) is 5.41. The largest absolute Gasteiger partial charge is 0.381 e. The first-order chi connectivity index (χ1) is 8.64. The molecule has 0 radical (unpaired) electrons. The van der Waals surface area contributed by atoms with Crippen LogP contribution in [-0.4, -0.2) is 25.8 Å². The molecule has 18 heavy (non-hydrogen) atoms. The highest BCUT2D eigenvalue weighted by Gasteiger charge is 2.36. The normalized spacial score (nSPS) is 19.1. The van der Waals surface area contributed by atoms with E-state index < -0.39 is 0 Å². The lowest BCUT2D eigenvalue weighted by atomic mass is 9.73. The molecule has 100 valence electrons. The summed E-state index contributed by atoms with van der Waals surface area (Å²) in [6.07, 6.45) is 1.77. The second-order valence-corrected chi connectivity index (χ2v) is 5.41. The van der Waals surface area contributed by atoms with Crippen molar-refractivity contribution < 1.29 is 9.13 Å². The van der Waals surface area contributed by atoms with Crippen molar-refractivity contribution in [3.8, 4) is 0 Å². The lowest BCUT2D eigenvalue weighted by Crippen LogP contribution is -2.45. The predicted molar refractivity (Wildman–Crippen MR) is 71.3 cm³/mol. The van der Waals surface area contributed by atoms with Gasteiger partial charge in [-0.3, -0.25) is 0 Å². The number of hydrogen-bond donors (Lipinski definition) is 1. The fourth-order valence-electron chi connectivity index (χ4n) is 2.59. The standard InChI is InChI=1S/C15H22FNO/c1-12(2)17-11-15(7-9-18-10-8-15)13-5-3-4-6-14(13)16/h3-6,12,17H,7-11H2,1-2H3. The van der Waals surface area contributed by atoms with Crippen LogP contribution in [0.15, 0.2) is 24.3 Å². The molecule has 0 spiro atoms. The van der Waals surface area contributed by atoms with E-state index in [1.165, 1.54) is 0 Å². The van der Waals surface area contributed by atoms with Gasteiger partial charge in [0.2, 0.25) is 0 Å². The monoisotopic (exact) mass is 251 g/mol. The summed E-state index contributed by atoms with van der Waals surface area (Å²) in [6, 6.07) is 7.56. The third kappa shape index (κ3) is 2.90. The van der Waals surface area contributed by atoms with Crippen molar-refractivity contribution in [3.63, 3.8) is 0 Å². The van der Waals surface area contributed by atoms with Crippen LogP contribution in [0.25, 0.3) is 0 Å². The highest BCUT2D eigenvalue weighted by molar-refractivity contribution is 5.28. The van der Waals surface area contributed by atoms with Gasteiger partial charge in [0.1, 0.15) is 5.82 Å². The maximum atomic E-state index is 14.1. The van der Waals surface area contributed by atoms with Crippen molar-refractivity contribution in [2.45, 2.75) is 38.1 Å². The first-order valence-corrected chi connectivity index (χ1v) is 6.70. The van der Waals surface area contributed by atoms with E-state index in [-0.39, 0.29) is 11.2 Å². The summed E-state index contributed by atoms with van der Waals surface area (Å²) in [7, 11) is 0. The molecule has 1 aromatic carbocycles. The van der Waals surface area contributed by atoms with Gasteiger partial charge in [0, 0.05) is 31.2 Å². The number of nitrogens with one attached hydrogen (secondary N) is 1. The van der Waals surface area contributed by atoms with Crippen molar-refractivity contribution in [2.24, 2.45) is 0 Å². The SMILES string of the molecule is CC(C)NCC1(c2ccccc2F)CCOCC1. The van der Waals surface area contributed by atoms with Crippen LogP contribution in [0.5, 0.6) is 0 Å². The Balaban J connectivity index is 2.26. The molecule has 1 aliphatic rings. The predicted octanol–water partition coefficient (Wildman–Crippen LogP) is 2.87. The third-order valence-electron chi connectivity index (χ3n) is 3.74. The Morgan fingerprint density at radius 2 is 1.94 bits per heavy atom. The number of ether oxygens (including phenoxy) is 1. The van der Waals surface area contributed by atoms with Gasteiger partial charge in [0.25, 0.3) is 0 Å². The van der Waals surface area contributed by atoms with Gasteiger partial charge in [-0.25, -0.2) is 4.39 Å². The molecule has 1 heterocycles. The zero-order valence-electron chi connectivity index (χ0n) is 11.2. The Hall–Kier alpha value is -0.930. The molecule has 0 aromatic heterocycles. The minimum absolute atomic E-state index is 0.0926. The molecular weight excluding hydrogens is 229 g/mol. The van der Waals surface area contributed by atoms with E-state index in [0.717, 1.165) is 24.9 Å². The molecule has 1 fully saturated rings. The van der Waals surface area contributed by atoms with Crippen molar-refractivity contribution in [1.29, 1.82) is 0 Å². The molecule has 0 amide bonds. The smallest absolute Gasteiger partial charge is 0.127 e. The van der Waals surface area contributed by atoms with E-state index in [2.05, 4.69) is 19.2 Å². The average Bonchev–Trinajstić information content (AvgIpc) is 2.38. The van der Waals surface area contributed by atoms with Crippen LogP contribution in [0.1, 0.15) is 32.3 Å². The fraction of sp³-hybridized carbons (Fsp3) is 0.600. The molecular formula is C15H22FNO. The Bertz CT molecular complexity index is 386. The van der Waals surface area contributed by atoms with Gasteiger partial charge in [-0.15, -0.1) is 0 Å². The minimum atomic E-state index is -0.117. The van der Waals surface area contributed by atoms with Crippen LogP contribution in [-0.2, 0) is 10.2 Å². The molecule has 2 rings (SSSR count). The van der Waals surface area contributed by atoms with Gasteiger partial charge in [0.05, 0.1) is 0 Å². The van der Waals surface area contributed by atoms with Crippen LogP contribution >= 0.6 is 0 Å². The first-order valence-electron chi connectivity index (χ1n) is 6.70. The average molecular weight is 251 g/mol. The summed E-state index contributed by atoms with van der Waals surface area (Å²) in [5.41, 5.74) is 0.717. The topological polar surface area (TPSA) is 21.3 Å². The van der Waals surface area contributed by atoms with E-state index in [1.54, 1.807) is 12.1 Å². The highest BCUT2D eigenvalue weighted by atomic mass is 19.1.